The van der Waals surface area contributed by atoms with E-state index >= 15 is 0 Å². The summed E-state index contributed by atoms with van der Waals surface area (Å²) in [5.74, 6) is 2.54. The second-order valence-electron chi connectivity index (χ2n) is 9.93. The lowest BCUT2D eigenvalue weighted by Crippen LogP contribution is -2.49. The van der Waals surface area contributed by atoms with Gasteiger partial charge in [0, 0.05) is 19.5 Å². The third kappa shape index (κ3) is 3.87. The summed E-state index contributed by atoms with van der Waals surface area (Å²) >= 11 is 0. The molecule has 0 unspecified atom stereocenters. The van der Waals surface area contributed by atoms with E-state index in [4.69, 9.17) is 4.74 Å². The van der Waals surface area contributed by atoms with Crippen LogP contribution in [-0.4, -0.2) is 48.0 Å². The van der Waals surface area contributed by atoms with Gasteiger partial charge in [0.05, 0.1) is 12.1 Å². The predicted molar refractivity (Wildman–Crippen MR) is 121 cm³/mol. The van der Waals surface area contributed by atoms with Gasteiger partial charge in [-0.2, -0.15) is 0 Å². The minimum Gasteiger partial charge on any atom is -0.490 e. The van der Waals surface area contributed by atoms with E-state index in [2.05, 4.69) is 58.3 Å². The van der Waals surface area contributed by atoms with Crippen LogP contribution in [0.4, 0.5) is 0 Å². The summed E-state index contributed by atoms with van der Waals surface area (Å²) < 4.78 is 5.95. The van der Waals surface area contributed by atoms with Gasteiger partial charge in [-0.1, -0.05) is 36.4 Å². The highest BCUT2D eigenvalue weighted by Gasteiger charge is 2.38. The number of carbonyl (C=O) groups excluding carboxylic acids is 1. The standard InChI is InChI=1S/C27H32N2O2/c30-26(17-22-18-28-14-11-19(22)12-15-28)29-16-13-20-3-1-2-4-25(20)27(29)21-5-7-23(8-6-21)31-24-9-10-24/h1-8,19,22,24,27H,9-18H2/t22-,27-/m1/s1. The Kier molecular flexibility index (Phi) is 4.98. The summed E-state index contributed by atoms with van der Waals surface area (Å²) in [5, 5.41) is 0. The number of ether oxygens (including phenoxy) is 1. The number of fused-ring (bicyclic) bond motifs is 4. The first kappa shape index (κ1) is 19.4. The Morgan fingerprint density at radius 3 is 2.42 bits per heavy atom. The maximum atomic E-state index is 13.6. The molecule has 5 aliphatic rings. The van der Waals surface area contributed by atoms with Crippen molar-refractivity contribution in [2.45, 2.75) is 50.7 Å². The largest absolute Gasteiger partial charge is 0.490 e. The second kappa shape index (κ2) is 7.98. The van der Waals surface area contributed by atoms with Gasteiger partial charge in [0.15, 0.2) is 0 Å². The van der Waals surface area contributed by atoms with E-state index in [1.54, 1.807) is 0 Å². The van der Waals surface area contributed by atoms with Gasteiger partial charge in [-0.25, -0.2) is 0 Å². The zero-order chi connectivity index (χ0) is 20.8. The summed E-state index contributed by atoms with van der Waals surface area (Å²) in [7, 11) is 0. The highest BCUT2D eigenvalue weighted by molar-refractivity contribution is 5.78. The average Bonchev–Trinajstić information content (AvgIpc) is 3.64. The van der Waals surface area contributed by atoms with Gasteiger partial charge >= 0.3 is 0 Å². The molecule has 0 aromatic heterocycles. The number of amides is 1. The summed E-state index contributed by atoms with van der Waals surface area (Å²) in [6.07, 6.45) is 6.92. The van der Waals surface area contributed by atoms with E-state index in [0.29, 0.717) is 24.3 Å². The highest BCUT2D eigenvalue weighted by atomic mass is 16.5. The maximum absolute atomic E-state index is 13.6. The average molecular weight is 417 g/mol. The molecule has 1 aliphatic carbocycles. The van der Waals surface area contributed by atoms with Crippen LogP contribution in [0.25, 0.3) is 0 Å². The molecule has 3 saturated heterocycles. The summed E-state index contributed by atoms with van der Waals surface area (Å²) in [6.45, 7) is 4.37. The van der Waals surface area contributed by atoms with Crippen LogP contribution < -0.4 is 4.74 Å². The highest BCUT2D eigenvalue weighted by Crippen LogP contribution is 2.39. The summed E-state index contributed by atoms with van der Waals surface area (Å²) in [5.41, 5.74) is 3.85. The first-order valence-corrected chi connectivity index (χ1v) is 12.1. The molecule has 4 heterocycles. The van der Waals surface area contributed by atoms with Gasteiger partial charge in [-0.05, 0) is 85.9 Å². The molecular formula is C27H32N2O2. The molecule has 4 heteroatoms. The van der Waals surface area contributed by atoms with Crippen LogP contribution in [0.15, 0.2) is 48.5 Å². The molecular weight excluding hydrogens is 384 g/mol. The van der Waals surface area contributed by atoms with Crippen molar-refractivity contribution in [2.75, 3.05) is 26.2 Å². The molecule has 0 N–H and O–H groups in total. The lowest BCUT2D eigenvalue weighted by molar-refractivity contribution is -0.136. The molecule has 4 aliphatic heterocycles. The van der Waals surface area contributed by atoms with Crippen LogP contribution in [0.1, 0.15) is 54.8 Å². The van der Waals surface area contributed by atoms with Crippen molar-refractivity contribution in [3.63, 3.8) is 0 Å². The number of hydrogen-bond donors (Lipinski definition) is 0. The number of carbonyl (C=O) groups is 1. The van der Waals surface area contributed by atoms with E-state index in [1.807, 2.05) is 0 Å². The van der Waals surface area contributed by atoms with Crippen molar-refractivity contribution in [1.82, 2.24) is 9.80 Å². The van der Waals surface area contributed by atoms with Gasteiger partial charge in [0.1, 0.15) is 5.75 Å². The molecule has 1 saturated carbocycles. The van der Waals surface area contributed by atoms with Crippen LogP contribution in [0.5, 0.6) is 5.75 Å². The van der Waals surface area contributed by atoms with Gasteiger partial charge in [-0.15, -0.1) is 0 Å². The second-order valence-corrected chi connectivity index (χ2v) is 9.93. The zero-order valence-electron chi connectivity index (χ0n) is 18.2. The molecule has 4 nitrogen and oxygen atoms in total. The van der Waals surface area contributed by atoms with Crippen LogP contribution in [0.2, 0.25) is 0 Å². The monoisotopic (exact) mass is 416 g/mol. The van der Waals surface area contributed by atoms with Gasteiger partial charge in [-0.3, -0.25) is 4.79 Å². The molecule has 0 spiro atoms. The molecule has 2 aromatic rings. The van der Waals surface area contributed by atoms with Crippen molar-refractivity contribution >= 4 is 5.91 Å². The van der Waals surface area contributed by atoms with Crippen molar-refractivity contribution in [2.24, 2.45) is 11.8 Å². The fourth-order valence-electron chi connectivity index (χ4n) is 5.96. The van der Waals surface area contributed by atoms with Gasteiger partial charge < -0.3 is 14.5 Å². The number of nitrogens with zero attached hydrogens (tertiary/aromatic N) is 2. The van der Waals surface area contributed by atoms with E-state index in [9.17, 15) is 4.79 Å². The lowest BCUT2D eigenvalue weighted by Gasteiger charge is -2.46. The molecule has 1 amide bonds. The Labute approximate surface area is 185 Å². The quantitative estimate of drug-likeness (QED) is 0.723. The normalized spacial score (nSPS) is 29.5. The fraction of sp³-hybridized carbons (Fsp3) is 0.519. The topological polar surface area (TPSA) is 32.8 Å². The van der Waals surface area contributed by atoms with Crippen LogP contribution >= 0.6 is 0 Å². The summed E-state index contributed by atoms with van der Waals surface area (Å²) in [4.78, 5) is 18.4. The molecule has 2 aromatic carbocycles. The van der Waals surface area contributed by atoms with Crippen molar-refractivity contribution in [3.8, 4) is 5.75 Å². The molecule has 0 radical (unpaired) electrons. The SMILES string of the molecule is O=C(C[C@@H]1CN2CCC1CC2)N1CCc2ccccc2[C@H]1c1ccc(OC2CC2)cc1. The minimum atomic E-state index is 0.00788. The van der Waals surface area contributed by atoms with E-state index in [0.717, 1.165) is 31.2 Å². The predicted octanol–water partition coefficient (Wildman–Crippen LogP) is 4.43. The minimum absolute atomic E-state index is 0.00788. The van der Waals surface area contributed by atoms with Crippen LogP contribution in [0.3, 0.4) is 0 Å². The Bertz CT molecular complexity index is 944. The number of hydrogen-bond acceptors (Lipinski definition) is 3. The molecule has 31 heavy (non-hydrogen) atoms. The van der Waals surface area contributed by atoms with E-state index < -0.39 is 0 Å². The zero-order valence-corrected chi connectivity index (χ0v) is 18.2. The van der Waals surface area contributed by atoms with Crippen LogP contribution in [0, 0.1) is 11.8 Å². The first-order valence-electron chi connectivity index (χ1n) is 12.1. The van der Waals surface area contributed by atoms with E-state index in [1.165, 1.54) is 55.5 Å². The van der Waals surface area contributed by atoms with E-state index in [-0.39, 0.29) is 6.04 Å². The smallest absolute Gasteiger partial charge is 0.223 e. The Morgan fingerprint density at radius 1 is 0.935 bits per heavy atom. The van der Waals surface area contributed by atoms with Crippen LogP contribution in [-0.2, 0) is 11.2 Å². The summed E-state index contributed by atoms with van der Waals surface area (Å²) in [6, 6.07) is 17.2. The maximum Gasteiger partial charge on any atom is 0.223 e. The third-order valence-corrected chi connectivity index (χ3v) is 7.86. The number of benzene rings is 2. The van der Waals surface area contributed by atoms with Crippen molar-refractivity contribution in [1.29, 1.82) is 0 Å². The molecule has 2 bridgehead atoms. The Morgan fingerprint density at radius 2 is 1.71 bits per heavy atom. The molecule has 2 atom stereocenters. The third-order valence-electron chi connectivity index (χ3n) is 7.86. The van der Waals surface area contributed by atoms with Crippen molar-refractivity contribution < 1.29 is 9.53 Å². The molecule has 162 valence electrons. The molecule has 7 rings (SSSR count). The van der Waals surface area contributed by atoms with Gasteiger partial charge in [0.2, 0.25) is 5.91 Å². The number of rotatable bonds is 5. The number of piperidine rings is 3. The first-order chi connectivity index (χ1) is 15.2. The Hall–Kier alpha value is -2.33. The fourth-order valence-corrected chi connectivity index (χ4v) is 5.96. The van der Waals surface area contributed by atoms with Gasteiger partial charge in [0.25, 0.3) is 0 Å². The molecule has 4 fully saturated rings. The lowest BCUT2D eigenvalue weighted by atomic mass is 9.77. The Balaban J connectivity index is 1.27. The van der Waals surface area contributed by atoms with Crippen molar-refractivity contribution in [3.05, 3.63) is 65.2 Å².